The van der Waals surface area contributed by atoms with Crippen LogP contribution in [-0.4, -0.2) is 63.2 Å². The van der Waals surface area contributed by atoms with Crippen LogP contribution < -0.4 is 10.6 Å². The number of para-hydroxylation sites is 1. The summed E-state index contributed by atoms with van der Waals surface area (Å²) in [6, 6.07) is 9.26. The second-order valence-electron chi connectivity index (χ2n) is 8.13. The molecule has 0 aliphatic carbocycles. The fraction of sp³-hybridized carbons (Fsp3) is 0.478. The molecule has 2 N–H and O–H groups in total. The third kappa shape index (κ3) is 5.56. The maximum absolute atomic E-state index is 12.5. The van der Waals surface area contributed by atoms with Crippen LogP contribution in [0.1, 0.15) is 38.9 Å². The Labute approximate surface area is 198 Å². The van der Waals surface area contributed by atoms with Crippen molar-refractivity contribution in [1.82, 2.24) is 30.3 Å². The standard InChI is InChI=1S/C23H30N6O3S/c1-3-32-21(30)20-16(2)24-22(31)25-18(20)15-33-23-27-26-19(14-28-12-8-5-9-13-28)29(23)17-10-6-4-7-11-17/h4,6-7,10-11,16H,3,5,8-9,12-15H2,1-2H3,(H2,24,25,31). The number of esters is 1. The summed E-state index contributed by atoms with van der Waals surface area (Å²) < 4.78 is 7.28. The lowest BCUT2D eigenvalue weighted by Crippen LogP contribution is -2.49. The van der Waals surface area contributed by atoms with Gasteiger partial charge in [-0.05, 0) is 51.9 Å². The monoisotopic (exact) mass is 470 g/mol. The van der Waals surface area contributed by atoms with Gasteiger partial charge in [-0.3, -0.25) is 9.47 Å². The molecule has 1 aromatic heterocycles. The number of hydrogen-bond acceptors (Lipinski definition) is 7. The minimum Gasteiger partial charge on any atom is -0.463 e. The van der Waals surface area contributed by atoms with Gasteiger partial charge < -0.3 is 15.4 Å². The van der Waals surface area contributed by atoms with Crippen LogP contribution in [0.5, 0.6) is 0 Å². The fourth-order valence-corrected chi connectivity index (χ4v) is 5.12. The van der Waals surface area contributed by atoms with Gasteiger partial charge in [-0.15, -0.1) is 10.2 Å². The van der Waals surface area contributed by atoms with Crippen molar-refractivity contribution in [2.24, 2.45) is 0 Å². The number of thioether (sulfide) groups is 1. The molecule has 10 heteroatoms. The van der Waals surface area contributed by atoms with Crippen molar-refractivity contribution in [3.05, 3.63) is 47.4 Å². The van der Waals surface area contributed by atoms with Gasteiger partial charge in [-0.1, -0.05) is 36.4 Å². The lowest BCUT2D eigenvalue weighted by Gasteiger charge is -2.26. The number of amides is 2. The van der Waals surface area contributed by atoms with Gasteiger partial charge in [0.1, 0.15) is 0 Å². The number of ether oxygens (including phenoxy) is 1. The van der Waals surface area contributed by atoms with Gasteiger partial charge in [-0.25, -0.2) is 9.59 Å². The van der Waals surface area contributed by atoms with E-state index in [1.54, 1.807) is 13.8 Å². The zero-order chi connectivity index (χ0) is 23.2. The number of nitrogens with zero attached hydrogens (tertiary/aromatic N) is 4. The Morgan fingerprint density at radius 1 is 1.18 bits per heavy atom. The molecule has 1 saturated heterocycles. The van der Waals surface area contributed by atoms with E-state index in [2.05, 4.69) is 30.3 Å². The lowest BCUT2D eigenvalue weighted by molar-refractivity contribution is -0.138. The molecule has 1 fully saturated rings. The van der Waals surface area contributed by atoms with Crippen molar-refractivity contribution in [2.45, 2.75) is 50.9 Å². The highest BCUT2D eigenvalue weighted by Crippen LogP contribution is 2.27. The zero-order valence-corrected chi connectivity index (χ0v) is 19.9. The van der Waals surface area contributed by atoms with E-state index in [4.69, 9.17) is 4.74 Å². The summed E-state index contributed by atoms with van der Waals surface area (Å²) in [7, 11) is 0. The molecule has 9 nitrogen and oxygen atoms in total. The summed E-state index contributed by atoms with van der Waals surface area (Å²) in [5.74, 6) is 0.817. The van der Waals surface area contributed by atoms with Crippen molar-refractivity contribution in [2.75, 3.05) is 25.4 Å². The van der Waals surface area contributed by atoms with Crippen molar-refractivity contribution < 1.29 is 14.3 Å². The van der Waals surface area contributed by atoms with Gasteiger partial charge in [0.25, 0.3) is 0 Å². The number of nitrogens with one attached hydrogen (secondary N) is 2. The summed E-state index contributed by atoms with van der Waals surface area (Å²) in [4.78, 5) is 27.0. The molecule has 2 aliphatic rings. The van der Waals surface area contributed by atoms with Crippen molar-refractivity contribution in [1.29, 1.82) is 0 Å². The van der Waals surface area contributed by atoms with Crippen LogP contribution >= 0.6 is 11.8 Å². The molecule has 2 aromatic rings. The molecular formula is C23H30N6O3S. The van der Waals surface area contributed by atoms with Crippen molar-refractivity contribution in [3.63, 3.8) is 0 Å². The summed E-state index contributed by atoms with van der Waals surface area (Å²) in [6.45, 7) is 6.67. The van der Waals surface area contributed by atoms with Gasteiger partial charge in [0.05, 0.1) is 24.8 Å². The first kappa shape index (κ1) is 23.3. The Morgan fingerprint density at radius 2 is 1.94 bits per heavy atom. The van der Waals surface area contributed by atoms with E-state index in [0.717, 1.165) is 31.1 Å². The van der Waals surface area contributed by atoms with Crippen LogP contribution in [0.4, 0.5) is 4.79 Å². The van der Waals surface area contributed by atoms with E-state index in [9.17, 15) is 9.59 Å². The van der Waals surface area contributed by atoms with Crippen molar-refractivity contribution >= 4 is 23.8 Å². The molecule has 0 spiro atoms. The Hall–Kier alpha value is -2.85. The number of aromatic nitrogens is 3. The van der Waals surface area contributed by atoms with Gasteiger partial charge in [0.15, 0.2) is 11.0 Å². The minimum atomic E-state index is -0.435. The average molecular weight is 471 g/mol. The highest BCUT2D eigenvalue weighted by molar-refractivity contribution is 7.99. The SMILES string of the molecule is CCOC(=O)C1=C(CSc2nnc(CN3CCCCC3)n2-c2ccccc2)NC(=O)NC1C. The number of piperidine rings is 1. The van der Waals surface area contributed by atoms with Crippen LogP contribution in [0.3, 0.4) is 0 Å². The highest BCUT2D eigenvalue weighted by atomic mass is 32.2. The zero-order valence-electron chi connectivity index (χ0n) is 19.0. The Balaban J connectivity index is 1.61. The number of carbonyl (C=O) groups is 2. The van der Waals surface area contributed by atoms with E-state index < -0.39 is 12.0 Å². The van der Waals surface area contributed by atoms with E-state index in [1.165, 1.54) is 31.0 Å². The molecule has 0 saturated carbocycles. The highest BCUT2D eigenvalue weighted by Gasteiger charge is 2.30. The predicted molar refractivity (Wildman–Crippen MR) is 126 cm³/mol. The fourth-order valence-electron chi connectivity index (χ4n) is 4.18. The first-order valence-corrected chi connectivity index (χ1v) is 12.4. The Morgan fingerprint density at radius 3 is 2.67 bits per heavy atom. The van der Waals surface area contributed by atoms with Gasteiger partial charge in [0.2, 0.25) is 0 Å². The molecule has 1 aromatic carbocycles. The topological polar surface area (TPSA) is 101 Å². The van der Waals surface area contributed by atoms with Crippen LogP contribution in [0.25, 0.3) is 5.69 Å². The molecular weight excluding hydrogens is 440 g/mol. The molecule has 1 atom stereocenters. The van der Waals surface area contributed by atoms with Crippen LogP contribution in [0.2, 0.25) is 0 Å². The van der Waals surface area contributed by atoms with Crippen LogP contribution in [-0.2, 0) is 16.1 Å². The van der Waals surface area contributed by atoms with E-state index in [0.29, 0.717) is 22.2 Å². The third-order valence-corrected chi connectivity index (χ3v) is 6.70. The molecule has 4 rings (SSSR count). The molecule has 2 aliphatic heterocycles. The Kier molecular flexibility index (Phi) is 7.66. The molecule has 176 valence electrons. The maximum atomic E-state index is 12.5. The number of benzene rings is 1. The molecule has 3 heterocycles. The van der Waals surface area contributed by atoms with E-state index >= 15 is 0 Å². The number of carbonyl (C=O) groups excluding carboxylic acids is 2. The predicted octanol–water partition coefficient (Wildman–Crippen LogP) is 2.86. The van der Waals surface area contributed by atoms with Crippen molar-refractivity contribution in [3.8, 4) is 5.69 Å². The molecule has 0 radical (unpaired) electrons. The first-order chi connectivity index (χ1) is 16.1. The smallest absolute Gasteiger partial charge is 0.337 e. The number of rotatable bonds is 8. The quantitative estimate of drug-likeness (QED) is 0.452. The molecule has 0 bridgehead atoms. The van der Waals surface area contributed by atoms with Crippen LogP contribution in [0, 0.1) is 0 Å². The summed E-state index contributed by atoms with van der Waals surface area (Å²) in [5, 5.41) is 15.2. The normalized spacial score (nSPS) is 19.2. The Bertz CT molecular complexity index is 1020. The molecule has 1 unspecified atom stereocenters. The van der Waals surface area contributed by atoms with Gasteiger partial charge in [0, 0.05) is 17.1 Å². The maximum Gasteiger partial charge on any atom is 0.337 e. The van der Waals surface area contributed by atoms with E-state index in [-0.39, 0.29) is 12.6 Å². The number of urea groups is 1. The second kappa shape index (κ2) is 10.8. The summed E-state index contributed by atoms with van der Waals surface area (Å²) in [6.07, 6.45) is 3.69. The number of likely N-dealkylation sites (tertiary alicyclic amines) is 1. The van der Waals surface area contributed by atoms with E-state index in [1.807, 2.05) is 30.3 Å². The minimum absolute atomic E-state index is 0.269. The van der Waals surface area contributed by atoms with Crippen LogP contribution in [0.15, 0.2) is 46.8 Å². The third-order valence-electron chi connectivity index (χ3n) is 5.74. The molecule has 2 amide bonds. The van der Waals surface area contributed by atoms with Gasteiger partial charge in [-0.2, -0.15) is 0 Å². The lowest BCUT2D eigenvalue weighted by atomic mass is 10.1. The summed E-state index contributed by atoms with van der Waals surface area (Å²) in [5.41, 5.74) is 1.96. The van der Waals surface area contributed by atoms with Gasteiger partial charge >= 0.3 is 12.0 Å². The second-order valence-corrected chi connectivity index (χ2v) is 9.07. The molecule has 33 heavy (non-hydrogen) atoms. The summed E-state index contributed by atoms with van der Waals surface area (Å²) >= 11 is 1.44. The number of hydrogen-bond donors (Lipinski definition) is 2. The average Bonchev–Trinajstić information content (AvgIpc) is 3.21. The largest absolute Gasteiger partial charge is 0.463 e. The first-order valence-electron chi connectivity index (χ1n) is 11.4.